The maximum atomic E-state index is 12.9. The first-order valence-corrected chi connectivity index (χ1v) is 12.4. The van der Waals surface area contributed by atoms with Gasteiger partial charge in [-0.1, -0.05) is 29.5 Å². The number of nitrogens with one attached hydrogen (secondary N) is 2. The first-order chi connectivity index (χ1) is 17.6. The molecule has 2 aliphatic heterocycles. The molecule has 36 heavy (non-hydrogen) atoms. The van der Waals surface area contributed by atoms with E-state index in [-0.39, 0.29) is 12.2 Å². The molecule has 0 saturated heterocycles. The van der Waals surface area contributed by atoms with E-state index in [1.807, 2.05) is 47.3 Å². The van der Waals surface area contributed by atoms with Crippen molar-refractivity contribution in [1.29, 1.82) is 0 Å². The maximum absolute atomic E-state index is 12.9. The Kier molecular flexibility index (Phi) is 7.26. The quantitative estimate of drug-likeness (QED) is 0.325. The molecule has 6 N–H and O–H groups in total. The van der Waals surface area contributed by atoms with Crippen molar-refractivity contribution >= 4 is 22.8 Å². The molecule has 0 spiro atoms. The molecule has 10 nitrogen and oxygen atoms in total. The molecular weight excluding hydrogens is 454 g/mol. The van der Waals surface area contributed by atoms with Gasteiger partial charge < -0.3 is 22.1 Å². The summed E-state index contributed by atoms with van der Waals surface area (Å²) in [6.07, 6.45) is 5.63. The molecule has 10 heteroatoms. The number of para-hydroxylation sites is 1. The summed E-state index contributed by atoms with van der Waals surface area (Å²) in [7, 11) is 0. The Balaban J connectivity index is 1.28. The van der Waals surface area contributed by atoms with Gasteiger partial charge in [0, 0.05) is 24.0 Å². The molecule has 1 unspecified atom stereocenters. The zero-order valence-electron chi connectivity index (χ0n) is 20.3. The van der Waals surface area contributed by atoms with E-state index in [9.17, 15) is 4.79 Å². The number of nitrogens with two attached hydrogens (primary N) is 2. The van der Waals surface area contributed by atoms with Crippen molar-refractivity contribution in [1.82, 2.24) is 30.5 Å². The first-order valence-electron chi connectivity index (χ1n) is 12.4. The van der Waals surface area contributed by atoms with Gasteiger partial charge in [0.2, 0.25) is 0 Å². The minimum absolute atomic E-state index is 0.169. The van der Waals surface area contributed by atoms with Crippen LogP contribution < -0.4 is 27.0 Å². The average molecular weight is 488 g/mol. The van der Waals surface area contributed by atoms with Gasteiger partial charge in [-0.15, -0.1) is 5.10 Å². The fourth-order valence-electron chi connectivity index (χ4n) is 4.63. The molecule has 2 aliphatic rings. The Hall–Kier alpha value is -3.73. The van der Waals surface area contributed by atoms with E-state index in [4.69, 9.17) is 11.5 Å². The second-order valence-electron chi connectivity index (χ2n) is 9.16. The number of hydrogen-bond acceptors (Lipinski definition) is 7. The van der Waals surface area contributed by atoms with Crippen LogP contribution in [0.3, 0.4) is 0 Å². The molecule has 0 saturated carbocycles. The monoisotopic (exact) mass is 487 g/mol. The lowest BCUT2D eigenvalue weighted by Crippen LogP contribution is -2.51. The topological polar surface area (TPSA) is 130 Å². The largest absolute Gasteiger partial charge is 0.363 e. The van der Waals surface area contributed by atoms with Crippen molar-refractivity contribution in [3.8, 4) is 0 Å². The van der Waals surface area contributed by atoms with E-state index in [1.54, 1.807) is 4.90 Å². The summed E-state index contributed by atoms with van der Waals surface area (Å²) in [4.78, 5) is 16.9. The molecule has 0 fully saturated rings. The zero-order chi connectivity index (χ0) is 24.9. The number of urea groups is 1. The lowest BCUT2D eigenvalue weighted by molar-refractivity contribution is 0.243. The maximum Gasteiger partial charge on any atom is 0.327 e. The number of nitrogens with zero attached hydrogens (tertiary/aromatic N) is 5. The fraction of sp³-hybridized carbons (Fsp3) is 0.346. The van der Waals surface area contributed by atoms with Gasteiger partial charge in [-0.05, 0) is 74.9 Å². The number of anilines is 1. The van der Waals surface area contributed by atoms with Gasteiger partial charge in [0.05, 0.1) is 17.7 Å². The van der Waals surface area contributed by atoms with Crippen LogP contribution in [0.1, 0.15) is 18.4 Å². The number of benzene rings is 2. The van der Waals surface area contributed by atoms with Crippen molar-refractivity contribution < 1.29 is 4.79 Å². The number of allylic oxidation sites excluding steroid dienone is 1. The molecule has 188 valence electrons. The predicted octanol–water partition coefficient (Wildman–Crippen LogP) is 1.86. The summed E-state index contributed by atoms with van der Waals surface area (Å²) in [6, 6.07) is 15.8. The second-order valence-corrected chi connectivity index (χ2v) is 9.16. The number of rotatable bonds is 11. The standard InChI is InChI=1S/C26H33N9O/c27-11-3-13-33(14-4-12-28)16-19-7-9-22(10-8-19)34-17-20-15-21(29-25(20)30-26(34)36)18-35-24-6-2-1-5-23(24)31-32-35/h1-2,5-10,15,17,25,29H,3-4,11-14,16,18,27-28H2,(H,30,36). The molecule has 3 heterocycles. The zero-order valence-corrected chi connectivity index (χ0v) is 20.3. The molecule has 2 amide bonds. The van der Waals surface area contributed by atoms with Crippen LogP contribution in [-0.4, -0.2) is 58.3 Å². The molecule has 0 radical (unpaired) electrons. The Morgan fingerprint density at radius 3 is 2.47 bits per heavy atom. The molecule has 3 aromatic rings. The minimum Gasteiger partial charge on any atom is -0.363 e. The summed E-state index contributed by atoms with van der Waals surface area (Å²) in [5, 5.41) is 14.9. The van der Waals surface area contributed by atoms with Crippen molar-refractivity contribution in [3.05, 3.63) is 77.6 Å². The van der Waals surface area contributed by atoms with Crippen LogP contribution in [0.25, 0.3) is 11.0 Å². The molecule has 1 aromatic heterocycles. The van der Waals surface area contributed by atoms with Crippen molar-refractivity contribution in [3.63, 3.8) is 0 Å². The SMILES string of the molecule is NCCCN(CCCN)Cc1ccc(N2C=C3C=C(Cn4nnc5ccccc54)NC3NC2=O)cc1. The number of aromatic nitrogens is 3. The smallest absolute Gasteiger partial charge is 0.327 e. The molecule has 5 rings (SSSR count). The lowest BCUT2D eigenvalue weighted by Gasteiger charge is -2.29. The third-order valence-electron chi connectivity index (χ3n) is 6.49. The van der Waals surface area contributed by atoms with E-state index < -0.39 is 0 Å². The Labute approximate surface area is 210 Å². The Morgan fingerprint density at radius 1 is 0.972 bits per heavy atom. The van der Waals surface area contributed by atoms with Crippen molar-refractivity contribution in [2.45, 2.75) is 32.1 Å². The number of amides is 2. The number of carbonyl (C=O) groups excluding carboxylic acids is 1. The predicted molar refractivity (Wildman–Crippen MR) is 141 cm³/mol. The second kappa shape index (κ2) is 10.9. The van der Waals surface area contributed by atoms with Crippen LogP contribution in [0, 0.1) is 0 Å². The Morgan fingerprint density at radius 2 is 1.72 bits per heavy atom. The highest BCUT2D eigenvalue weighted by Crippen LogP contribution is 2.26. The summed E-state index contributed by atoms with van der Waals surface area (Å²) < 4.78 is 1.86. The molecule has 0 bridgehead atoms. The van der Waals surface area contributed by atoms with Gasteiger partial charge in [-0.2, -0.15) is 0 Å². The van der Waals surface area contributed by atoms with Gasteiger partial charge in [0.15, 0.2) is 0 Å². The number of fused-ring (bicyclic) bond motifs is 2. The highest BCUT2D eigenvalue weighted by atomic mass is 16.2. The van der Waals surface area contributed by atoms with Crippen LogP contribution in [0.4, 0.5) is 10.5 Å². The van der Waals surface area contributed by atoms with Crippen molar-refractivity contribution in [2.75, 3.05) is 31.1 Å². The fourth-order valence-corrected chi connectivity index (χ4v) is 4.63. The summed E-state index contributed by atoms with van der Waals surface area (Å²) in [6.45, 7) is 4.64. The van der Waals surface area contributed by atoms with E-state index >= 15 is 0 Å². The van der Waals surface area contributed by atoms with E-state index in [0.717, 1.165) is 60.5 Å². The minimum atomic E-state index is -0.253. The lowest BCUT2D eigenvalue weighted by atomic mass is 10.1. The van der Waals surface area contributed by atoms with Crippen LogP contribution >= 0.6 is 0 Å². The molecule has 1 atom stereocenters. The normalized spacial score (nSPS) is 17.1. The van der Waals surface area contributed by atoms with Crippen LogP contribution in [0.15, 0.2) is 72.1 Å². The summed E-state index contributed by atoms with van der Waals surface area (Å²) in [5.74, 6) is 0. The van der Waals surface area contributed by atoms with Gasteiger partial charge >= 0.3 is 6.03 Å². The van der Waals surface area contributed by atoms with Crippen LogP contribution in [0.2, 0.25) is 0 Å². The van der Waals surface area contributed by atoms with E-state index in [2.05, 4.69) is 44.1 Å². The van der Waals surface area contributed by atoms with Crippen LogP contribution in [-0.2, 0) is 13.1 Å². The van der Waals surface area contributed by atoms with Gasteiger partial charge in [0.25, 0.3) is 0 Å². The highest BCUT2D eigenvalue weighted by Gasteiger charge is 2.31. The van der Waals surface area contributed by atoms with Gasteiger partial charge in [-0.25, -0.2) is 9.48 Å². The van der Waals surface area contributed by atoms with E-state index in [1.165, 1.54) is 5.56 Å². The van der Waals surface area contributed by atoms with E-state index in [0.29, 0.717) is 19.6 Å². The van der Waals surface area contributed by atoms with Gasteiger partial charge in [0.1, 0.15) is 11.7 Å². The Bertz CT molecular complexity index is 1260. The third kappa shape index (κ3) is 5.25. The molecule has 0 aliphatic carbocycles. The molecular formula is C26H33N9O. The average Bonchev–Trinajstić information content (AvgIpc) is 3.49. The number of carbonyl (C=O) groups is 1. The highest BCUT2D eigenvalue weighted by molar-refractivity contribution is 5.96. The first kappa shape index (κ1) is 24.0. The number of hydrogen-bond donors (Lipinski definition) is 4. The van der Waals surface area contributed by atoms with Gasteiger partial charge in [-0.3, -0.25) is 9.80 Å². The van der Waals surface area contributed by atoms with Crippen molar-refractivity contribution in [2.24, 2.45) is 11.5 Å². The third-order valence-corrected chi connectivity index (χ3v) is 6.49. The van der Waals surface area contributed by atoms with Crippen LogP contribution in [0.5, 0.6) is 0 Å². The summed E-state index contributed by atoms with van der Waals surface area (Å²) >= 11 is 0. The molecule has 2 aromatic carbocycles. The summed E-state index contributed by atoms with van der Waals surface area (Å²) in [5.41, 5.74) is 17.2.